The maximum absolute atomic E-state index is 11.8. The Bertz CT molecular complexity index is 775. The summed E-state index contributed by atoms with van der Waals surface area (Å²) in [5.41, 5.74) is 0.864. The van der Waals surface area contributed by atoms with Gasteiger partial charge in [0.05, 0.1) is 12.0 Å². The molecule has 2 aromatic rings. The highest BCUT2D eigenvalue weighted by molar-refractivity contribution is 6.32. The number of anilines is 1. The van der Waals surface area contributed by atoms with Crippen LogP contribution in [-0.4, -0.2) is 18.1 Å². The van der Waals surface area contributed by atoms with Crippen molar-refractivity contribution in [2.45, 2.75) is 0 Å². The highest BCUT2D eigenvalue weighted by Crippen LogP contribution is 2.27. The first-order valence-corrected chi connectivity index (χ1v) is 7.19. The van der Waals surface area contributed by atoms with E-state index in [0.29, 0.717) is 0 Å². The summed E-state index contributed by atoms with van der Waals surface area (Å²) >= 11 is 5.71. The van der Waals surface area contributed by atoms with Gasteiger partial charge in [-0.1, -0.05) is 23.7 Å². The Morgan fingerprint density at radius 2 is 1.96 bits per heavy atom. The summed E-state index contributed by atoms with van der Waals surface area (Å²) in [6, 6.07) is 10.7. The predicted molar refractivity (Wildman–Crippen MR) is 92.3 cm³/mol. The molecular formula is C16H14ClN3O4. The number of urea groups is 1. The van der Waals surface area contributed by atoms with Gasteiger partial charge in [-0.15, -0.1) is 0 Å². The summed E-state index contributed by atoms with van der Waals surface area (Å²) in [6.45, 7) is 0. The lowest BCUT2D eigenvalue weighted by Gasteiger charge is -2.05. The Hall–Kier alpha value is -3.06. The molecule has 0 saturated carbocycles. The molecule has 0 atom stereocenters. The lowest BCUT2D eigenvalue weighted by atomic mass is 10.2. The van der Waals surface area contributed by atoms with Crippen LogP contribution >= 0.6 is 11.6 Å². The highest BCUT2D eigenvalue weighted by Gasteiger charge is 2.13. The normalized spacial score (nSPS) is 10.4. The molecular weight excluding hydrogens is 334 g/mol. The summed E-state index contributed by atoms with van der Waals surface area (Å²) in [6.07, 6.45) is 3.16. The first kappa shape index (κ1) is 17.3. The third-order valence-corrected chi connectivity index (χ3v) is 3.33. The summed E-state index contributed by atoms with van der Waals surface area (Å²) in [4.78, 5) is 22.0. The molecule has 0 unspecified atom stereocenters. The van der Waals surface area contributed by atoms with Crippen LogP contribution in [0.5, 0.6) is 5.75 Å². The molecule has 0 saturated heterocycles. The molecule has 2 rings (SSSR count). The van der Waals surface area contributed by atoms with E-state index >= 15 is 0 Å². The van der Waals surface area contributed by atoms with Crippen molar-refractivity contribution in [2.24, 2.45) is 0 Å². The molecule has 0 radical (unpaired) electrons. The van der Waals surface area contributed by atoms with Crippen molar-refractivity contribution in [2.75, 3.05) is 12.4 Å². The average Bonchev–Trinajstić information content (AvgIpc) is 2.57. The molecule has 0 aliphatic heterocycles. The van der Waals surface area contributed by atoms with Crippen LogP contribution in [0.15, 0.2) is 48.7 Å². The van der Waals surface area contributed by atoms with Gasteiger partial charge in [0.1, 0.15) is 10.8 Å². The van der Waals surface area contributed by atoms with Gasteiger partial charge < -0.3 is 15.4 Å². The molecule has 2 N–H and O–H groups in total. The van der Waals surface area contributed by atoms with Crippen molar-refractivity contribution >= 4 is 35.1 Å². The second kappa shape index (κ2) is 7.98. The van der Waals surface area contributed by atoms with Gasteiger partial charge in [-0.2, -0.15) is 0 Å². The third-order valence-electron chi connectivity index (χ3n) is 3.01. The van der Waals surface area contributed by atoms with Crippen molar-refractivity contribution in [3.05, 3.63) is 69.4 Å². The Kier molecular flexibility index (Phi) is 5.75. The first-order chi connectivity index (χ1) is 11.5. The highest BCUT2D eigenvalue weighted by atomic mass is 35.5. The molecule has 24 heavy (non-hydrogen) atoms. The molecule has 0 fully saturated rings. The van der Waals surface area contributed by atoms with Crippen LogP contribution in [-0.2, 0) is 0 Å². The fourth-order valence-corrected chi connectivity index (χ4v) is 2.01. The topological polar surface area (TPSA) is 93.5 Å². The van der Waals surface area contributed by atoms with Crippen LogP contribution in [0.25, 0.3) is 6.08 Å². The van der Waals surface area contributed by atoms with Crippen LogP contribution in [0.1, 0.15) is 5.56 Å². The molecule has 8 heteroatoms. The van der Waals surface area contributed by atoms with Gasteiger partial charge in [-0.05, 0) is 35.9 Å². The fraction of sp³-hybridized carbons (Fsp3) is 0.0625. The Labute approximate surface area is 143 Å². The molecule has 0 aliphatic carbocycles. The Morgan fingerprint density at radius 1 is 1.25 bits per heavy atom. The van der Waals surface area contributed by atoms with Crippen molar-refractivity contribution in [3.63, 3.8) is 0 Å². The SMILES string of the molecule is COc1ccc(/C=C/NC(=O)Nc2ccc(Cl)c([N+](=O)[O-])c2)cc1. The molecule has 0 aliphatic rings. The zero-order valence-electron chi connectivity index (χ0n) is 12.7. The third kappa shape index (κ3) is 4.72. The van der Waals surface area contributed by atoms with E-state index in [1.165, 1.54) is 24.4 Å². The zero-order valence-corrected chi connectivity index (χ0v) is 13.4. The molecule has 7 nitrogen and oxygen atoms in total. The minimum Gasteiger partial charge on any atom is -0.497 e. The van der Waals surface area contributed by atoms with E-state index in [-0.39, 0.29) is 16.4 Å². The number of amides is 2. The number of nitro groups is 1. The Morgan fingerprint density at radius 3 is 2.58 bits per heavy atom. The first-order valence-electron chi connectivity index (χ1n) is 6.81. The number of benzene rings is 2. The summed E-state index contributed by atoms with van der Waals surface area (Å²) in [7, 11) is 1.58. The minimum atomic E-state index is -0.616. The summed E-state index contributed by atoms with van der Waals surface area (Å²) in [5, 5.41) is 15.8. The number of carbonyl (C=O) groups excluding carboxylic acids is 1. The minimum absolute atomic E-state index is 0.00496. The number of nitrogens with zero attached hydrogens (tertiary/aromatic N) is 1. The number of hydrogen-bond acceptors (Lipinski definition) is 4. The van der Waals surface area contributed by atoms with Crippen LogP contribution < -0.4 is 15.4 Å². The van der Waals surface area contributed by atoms with E-state index in [1.54, 1.807) is 25.3 Å². The van der Waals surface area contributed by atoms with Crippen LogP contribution in [0.4, 0.5) is 16.2 Å². The van der Waals surface area contributed by atoms with E-state index < -0.39 is 11.0 Å². The molecule has 124 valence electrons. The quantitative estimate of drug-likeness (QED) is 0.630. The second-order valence-corrected chi connectivity index (χ2v) is 5.04. The monoisotopic (exact) mass is 347 g/mol. The van der Waals surface area contributed by atoms with E-state index in [4.69, 9.17) is 16.3 Å². The number of ether oxygens (including phenoxy) is 1. The van der Waals surface area contributed by atoms with E-state index in [1.807, 2.05) is 12.1 Å². The van der Waals surface area contributed by atoms with E-state index in [0.717, 1.165) is 11.3 Å². The molecule has 0 spiro atoms. The van der Waals surface area contributed by atoms with Gasteiger partial charge >= 0.3 is 6.03 Å². The predicted octanol–water partition coefficient (Wildman–Crippen LogP) is 4.05. The van der Waals surface area contributed by atoms with Gasteiger partial charge in [0, 0.05) is 18.0 Å². The fourth-order valence-electron chi connectivity index (χ4n) is 1.83. The van der Waals surface area contributed by atoms with E-state index in [2.05, 4.69) is 10.6 Å². The summed E-state index contributed by atoms with van der Waals surface area (Å²) in [5.74, 6) is 0.738. The van der Waals surface area contributed by atoms with Crippen molar-refractivity contribution < 1.29 is 14.5 Å². The molecule has 2 aromatic carbocycles. The van der Waals surface area contributed by atoms with Crippen molar-refractivity contribution in [3.8, 4) is 5.75 Å². The maximum Gasteiger partial charge on any atom is 0.323 e. The van der Waals surface area contributed by atoms with Crippen molar-refractivity contribution in [1.82, 2.24) is 5.32 Å². The van der Waals surface area contributed by atoms with Crippen molar-refractivity contribution in [1.29, 1.82) is 0 Å². The van der Waals surface area contributed by atoms with Gasteiger partial charge in [-0.3, -0.25) is 10.1 Å². The standard InChI is InChI=1S/C16H14ClN3O4/c1-24-13-5-2-11(3-6-13)8-9-18-16(21)19-12-4-7-14(17)15(10-12)20(22)23/h2-10H,1H3,(H2,18,19,21)/b9-8+. The molecule has 0 bridgehead atoms. The number of nitrogens with one attached hydrogen (secondary N) is 2. The second-order valence-electron chi connectivity index (χ2n) is 4.63. The number of hydrogen-bond donors (Lipinski definition) is 2. The average molecular weight is 348 g/mol. The number of carbonyl (C=O) groups is 1. The molecule has 0 heterocycles. The van der Waals surface area contributed by atoms with Crippen LogP contribution in [0.2, 0.25) is 5.02 Å². The van der Waals surface area contributed by atoms with E-state index in [9.17, 15) is 14.9 Å². The van der Waals surface area contributed by atoms with Crippen LogP contribution in [0, 0.1) is 10.1 Å². The molecule has 0 aromatic heterocycles. The number of halogens is 1. The van der Waals surface area contributed by atoms with Gasteiger partial charge in [0.2, 0.25) is 0 Å². The number of rotatable bonds is 5. The molecule has 2 amide bonds. The van der Waals surface area contributed by atoms with Gasteiger partial charge in [-0.25, -0.2) is 4.79 Å². The number of nitro benzene ring substituents is 1. The lowest BCUT2D eigenvalue weighted by molar-refractivity contribution is -0.384. The zero-order chi connectivity index (χ0) is 17.5. The van der Waals surface area contributed by atoms with Gasteiger partial charge in [0.15, 0.2) is 0 Å². The van der Waals surface area contributed by atoms with Gasteiger partial charge in [0.25, 0.3) is 5.69 Å². The van der Waals surface area contributed by atoms with Crippen LogP contribution in [0.3, 0.4) is 0 Å². The number of methoxy groups -OCH3 is 1. The smallest absolute Gasteiger partial charge is 0.323 e. The summed E-state index contributed by atoms with van der Waals surface area (Å²) < 4.78 is 5.05. The lowest BCUT2D eigenvalue weighted by Crippen LogP contribution is -2.23. The Balaban J connectivity index is 1.94. The maximum atomic E-state index is 11.8. The largest absolute Gasteiger partial charge is 0.497 e.